The van der Waals surface area contributed by atoms with Crippen LogP contribution in [-0.2, 0) is 11.2 Å². The second-order valence-electron chi connectivity index (χ2n) is 8.58. The number of para-hydroxylation sites is 3. The SMILES string of the molecule is COc1ccccc1C1c2[nH]c3ccccc3c2CC2C(=O)N(c3ccccc3C)C(=S)N21. The van der Waals surface area contributed by atoms with E-state index < -0.39 is 0 Å². The van der Waals surface area contributed by atoms with Crippen molar-refractivity contribution in [1.82, 2.24) is 9.88 Å². The van der Waals surface area contributed by atoms with Crippen molar-refractivity contribution in [2.75, 3.05) is 12.0 Å². The minimum Gasteiger partial charge on any atom is -0.496 e. The summed E-state index contributed by atoms with van der Waals surface area (Å²) >= 11 is 6.00. The van der Waals surface area contributed by atoms with E-state index in [1.807, 2.05) is 61.5 Å². The fraction of sp³-hybridized carbons (Fsp3) is 0.185. The largest absolute Gasteiger partial charge is 0.496 e. The quantitative estimate of drug-likeness (QED) is 0.437. The molecule has 2 unspecified atom stereocenters. The second-order valence-corrected chi connectivity index (χ2v) is 8.94. The molecule has 5 nitrogen and oxygen atoms in total. The van der Waals surface area contributed by atoms with E-state index in [2.05, 4.69) is 28.1 Å². The fourth-order valence-corrected chi connectivity index (χ4v) is 5.75. The summed E-state index contributed by atoms with van der Waals surface area (Å²) in [5.74, 6) is 0.794. The van der Waals surface area contributed by atoms with E-state index in [9.17, 15) is 4.79 Å². The van der Waals surface area contributed by atoms with Gasteiger partial charge in [-0.2, -0.15) is 0 Å². The Bertz CT molecular complexity index is 1430. The van der Waals surface area contributed by atoms with Crippen LogP contribution in [-0.4, -0.2) is 34.1 Å². The van der Waals surface area contributed by atoms with Crippen LogP contribution in [0.15, 0.2) is 72.8 Å². The van der Waals surface area contributed by atoms with Crippen LogP contribution in [0.3, 0.4) is 0 Å². The molecule has 1 aromatic heterocycles. The minimum absolute atomic E-state index is 0.0186. The van der Waals surface area contributed by atoms with E-state index in [1.54, 1.807) is 12.0 Å². The minimum atomic E-state index is -0.376. The second kappa shape index (κ2) is 7.46. The van der Waals surface area contributed by atoms with Crippen molar-refractivity contribution >= 4 is 39.8 Å². The number of aromatic nitrogens is 1. The van der Waals surface area contributed by atoms with Crippen molar-refractivity contribution in [2.24, 2.45) is 0 Å². The highest BCUT2D eigenvalue weighted by atomic mass is 32.1. The first-order chi connectivity index (χ1) is 16.1. The molecule has 3 aromatic carbocycles. The van der Waals surface area contributed by atoms with Gasteiger partial charge in [0.1, 0.15) is 17.8 Å². The number of ether oxygens (including phenoxy) is 1. The van der Waals surface area contributed by atoms with E-state index in [-0.39, 0.29) is 18.0 Å². The third-order valence-electron chi connectivity index (χ3n) is 6.84. The number of aryl methyl sites for hydroxylation is 1. The Kier molecular flexibility index (Phi) is 4.52. The van der Waals surface area contributed by atoms with Crippen LogP contribution in [0.1, 0.15) is 28.4 Å². The number of amides is 1. The van der Waals surface area contributed by atoms with Gasteiger partial charge < -0.3 is 14.6 Å². The average molecular weight is 454 g/mol. The highest BCUT2D eigenvalue weighted by Crippen LogP contribution is 2.47. The van der Waals surface area contributed by atoms with Gasteiger partial charge >= 0.3 is 0 Å². The Hall–Kier alpha value is -3.64. The van der Waals surface area contributed by atoms with Gasteiger partial charge in [-0.1, -0.05) is 54.6 Å². The van der Waals surface area contributed by atoms with Gasteiger partial charge in [0, 0.05) is 28.6 Å². The van der Waals surface area contributed by atoms with E-state index in [4.69, 9.17) is 17.0 Å². The van der Waals surface area contributed by atoms with Crippen LogP contribution in [0.4, 0.5) is 5.69 Å². The lowest BCUT2D eigenvalue weighted by Crippen LogP contribution is -2.44. The zero-order valence-electron chi connectivity index (χ0n) is 18.4. The summed E-state index contributed by atoms with van der Waals surface area (Å²) in [5, 5.41) is 1.68. The predicted molar refractivity (Wildman–Crippen MR) is 134 cm³/mol. The van der Waals surface area contributed by atoms with Crippen LogP contribution in [0.25, 0.3) is 10.9 Å². The molecule has 2 aliphatic rings. The Morgan fingerprint density at radius 2 is 1.73 bits per heavy atom. The fourth-order valence-electron chi connectivity index (χ4n) is 5.33. The van der Waals surface area contributed by atoms with E-state index in [1.165, 1.54) is 5.56 Å². The number of methoxy groups -OCH3 is 1. The third kappa shape index (κ3) is 2.84. The molecule has 2 aliphatic heterocycles. The highest BCUT2D eigenvalue weighted by Gasteiger charge is 2.51. The van der Waals surface area contributed by atoms with Crippen molar-refractivity contribution in [3.63, 3.8) is 0 Å². The topological polar surface area (TPSA) is 48.6 Å². The number of rotatable bonds is 3. The lowest BCUT2D eigenvalue weighted by Gasteiger charge is -2.38. The molecular weight excluding hydrogens is 430 g/mol. The van der Waals surface area contributed by atoms with E-state index >= 15 is 0 Å². The van der Waals surface area contributed by atoms with E-state index in [0.29, 0.717) is 11.5 Å². The molecule has 1 saturated heterocycles. The van der Waals surface area contributed by atoms with Gasteiger partial charge in [0.15, 0.2) is 5.11 Å². The van der Waals surface area contributed by atoms with Gasteiger partial charge in [-0.3, -0.25) is 9.69 Å². The lowest BCUT2D eigenvalue weighted by atomic mass is 9.88. The zero-order valence-corrected chi connectivity index (χ0v) is 19.2. The van der Waals surface area contributed by atoms with Crippen LogP contribution >= 0.6 is 12.2 Å². The van der Waals surface area contributed by atoms with Crippen molar-refractivity contribution < 1.29 is 9.53 Å². The van der Waals surface area contributed by atoms with Gasteiger partial charge in [0.05, 0.1) is 12.8 Å². The number of anilines is 1. The van der Waals surface area contributed by atoms with Gasteiger partial charge in [-0.25, -0.2) is 0 Å². The van der Waals surface area contributed by atoms with Crippen LogP contribution in [0.2, 0.25) is 0 Å². The molecule has 1 N–H and O–H groups in total. The van der Waals surface area contributed by atoms with Crippen molar-refractivity contribution in [2.45, 2.75) is 25.4 Å². The Labute approximate surface area is 197 Å². The van der Waals surface area contributed by atoms with Crippen LogP contribution in [0.5, 0.6) is 5.75 Å². The molecule has 33 heavy (non-hydrogen) atoms. The first-order valence-corrected chi connectivity index (χ1v) is 11.4. The summed E-state index contributed by atoms with van der Waals surface area (Å²) < 4.78 is 5.75. The molecule has 164 valence electrons. The number of aromatic amines is 1. The van der Waals surface area contributed by atoms with Crippen molar-refractivity contribution in [1.29, 1.82) is 0 Å². The summed E-state index contributed by atoms with van der Waals surface area (Å²) in [6, 6.07) is 23.5. The predicted octanol–water partition coefficient (Wildman–Crippen LogP) is 5.13. The Morgan fingerprint density at radius 3 is 2.55 bits per heavy atom. The summed E-state index contributed by atoms with van der Waals surface area (Å²) in [6.07, 6.45) is 0.604. The molecule has 4 aromatic rings. The number of hydrogen-bond donors (Lipinski definition) is 1. The van der Waals surface area contributed by atoms with E-state index in [0.717, 1.165) is 39.2 Å². The average Bonchev–Trinajstić information content (AvgIpc) is 3.33. The highest BCUT2D eigenvalue weighted by molar-refractivity contribution is 7.80. The summed E-state index contributed by atoms with van der Waals surface area (Å²) in [7, 11) is 1.68. The Morgan fingerprint density at radius 1 is 1.00 bits per heavy atom. The number of hydrogen-bond acceptors (Lipinski definition) is 3. The number of benzene rings is 3. The summed E-state index contributed by atoms with van der Waals surface area (Å²) in [5.41, 5.74) is 6.15. The summed E-state index contributed by atoms with van der Waals surface area (Å²) in [4.78, 5) is 21.3. The number of fused-ring (bicyclic) bond motifs is 4. The zero-order chi connectivity index (χ0) is 22.7. The molecule has 3 heterocycles. The van der Waals surface area contributed by atoms with Crippen LogP contribution < -0.4 is 9.64 Å². The van der Waals surface area contributed by atoms with Crippen molar-refractivity contribution in [3.05, 3.63) is 95.2 Å². The standard InChI is InChI=1S/C27H23N3O2S/c1-16-9-3-7-13-21(16)30-26(31)22-15-19-17-10-4-6-12-20(17)28-24(19)25(29(22)27(30)33)18-11-5-8-14-23(18)32-2/h3-14,22,25,28H,15H2,1-2H3. The number of thiocarbonyl (C=S) groups is 1. The number of carbonyl (C=O) groups is 1. The molecule has 0 spiro atoms. The maximum Gasteiger partial charge on any atom is 0.256 e. The molecule has 6 rings (SSSR count). The summed E-state index contributed by atoms with van der Waals surface area (Å²) in [6.45, 7) is 2.01. The van der Waals surface area contributed by atoms with Gasteiger partial charge in [-0.15, -0.1) is 0 Å². The molecule has 0 aliphatic carbocycles. The molecule has 2 atom stereocenters. The third-order valence-corrected chi connectivity index (χ3v) is 7.23. The number of nitrogens with one attached hydrogen (secondary N) is 1. The number of H-pyrrole nitrogens is 1. The van der Waals surface area contributed by atoms with Crippen LogP contribution in [0, 0.1) is 6.92 Å². The molecule has 1 amide bonds. The molecule has 0 radical (unpaired) electrons. The van der Waals surface area contributed by atoms with Gasteiger partial charge in [0.25, 0.3) is 5.91 Å². The smallest absolute Gasteiger partial charge is 0.256 e. The first-order valence-electron chi connectivity index (χ1n) is 11.0. The number of nitrogens with zero attached hydrogens (tertiary/aromatic N) is 2. The molecule has 1 fully saturated rings. The maximum atomic E-state index is 13.9. The number of carbonyl (C=O) groups excluding carboxylic acids is 1. The maximum absolute atomic E-state index is 13.9. The molecule has 6 heteroatoms. The van der Waals surface area contributed by atoms with Gasteiger partial charge in [-0.05, 0) is 48.5 Å². The first kappa shape index (κ1) is 20.0. The van der Waals surface area contributed by atoms with Gasteiger partial charge in [0.2, 0.25) is 0 Å². The molecule has 0 saturated carbocycles. The van der Waals surface area contributed by atoms with Crippen molar-refractivity contribution in [3.8, 4) is 5.75 Å². The molecular formula is C27H23N3O2S. The Balaban J connectivity index is 1.58. The molecule has 0 bridgehead atoms. The monoisotopic (exact) mass is 453 g/mol. The normalized spacial score (nSPS) is 19.7. The lowest BCUT2D eigenvalue weighted by molar-refractivity contribution is -0.120.